The van der Waals surface area contributed by atoms with E-state index in [1.807, 2.05) is 31.7 Å². The third kappa shape index (κ3) is 3.21. The Morgan fingerprint density at radius 1 is 1.39 bits per heavy atom. The van der Waals surface area contributed by atoms with E-state index in [0.717, 1.165) is 5.56 Å². The Morgan fingerprint density at radius 2 is 2.06 bits per heavy atom. The van der Waals surface area contributed by atoms with E-state index in [0.29, 0.717) is 18.8 Å². The molecule has 0 spiro atoms. The normalized spacial score (nSPS) is 14.3. The number of methoxy groups -OCH3 is 1. The van der Waals surface area contributed by atoms with E-state index in [9.17, 15) is 4.39 Å². The summed E-state index contributed by atoms with van der Waals surface area (Å²) in [7, 11) is 1.65. The molecular formula is C14H23FN2O. The summed E-state index contributed by atoms with van der Waals surface area (Å²) in [5, 5.41) is 0. The number of likely N-dealkylation sites (N-methyl/N-ethyl adjacent to an activating group) is 1. The summed E-state index contributed by atoms with van der Waals surface area (Å²) in [5.74, 6) is -0.227. The first-order valence-electron chi connectivity index (χ1n) is 6.32. The van der Waals surface area contributed by atoms with Crippen LogP contribution in [-0.2, 0) is 4.74 Å². The molecule has 1 unspecified atom stereocenters. The molecule has 0 aliphatic rings. The molecule has 0 saturated carbocycles. The molecule has 1 aromatic carbocycles. The monoisotopic (exact) mass is 254 g/mol. The third-order valence-corrected chi connectivity index (χ3v) is 3.08. The summed E-state index contributed by atoms with van der Waals surface area (Å²) in [5.41, 5.74) is 7.36. The molecule has 4 heteroatoms. The molecule has 3 nitrogen and oxygen atoms in total. The first kappa shape index (κ1) is 14.9. The van der Waals surface area contributed by atoms with Crippen molar-refractivity contribution in [2.24, 2.45) is 5.73 Å². The molecule has 0 bridgehead atoms. The van der Waals surface area contributed by atoms with Gasteiger partial charge in [0.05, 0.1) is 12.3 Å². The van der Waals surface area contributed by atoms with Crippen LogP contribution >= 0.6 is 0 Å². The van der Waals surface area contributed by atoms with Gasteiger partial charge in [-0.3, -0.25) is 0 Å². The Bertz CT molecular complexity index is 382. The van der Waals surface area contributed by atoms with Crippen molar-refractivity contribution < 1.29 is 9.13 Å². The van der Waals surface area contributed by atoms with Crippen molar-refractivity contribution in [2.75, 3.05) is 25.2 Å². The van der Waals surface area contributed by atoms with E-state index >= 15 is 0 Å². The number of benzene rings is 1. The van der Waals surface area contributed by atoms with Crippen molar-refractivity contribution in [3.05, 3.63) is 29.6 Å². The summed E-state index contributed by atoms with van der Waals surface area (Å²) in [6.45, 7) is 7.16. The minimum Gasteiger partial charge on any atom is -0.383 e. The number of hydrogen-bond acceptors (Lipinski definition) is 3. The lowest BCUT2D eigenvalue weighted by Crippen LogP contribution is -2.37. The maximum atomic E-state index is 14.1. The van der Waals surface area contributed by atoms with Crippen LogP contribution in [0.2, 0.25) is 0 Å². The number of nitrogens with two attached hydrogens (primary N) is 1. The number of hydrogen-bond donors (Lipinski definition) is 1. The minimum atomic E-state index is -0.227. The van der Waals surface area contributed by atoms with E-state index in [1.54, 1.807) is 13.2 Å². The van der Waals surface area contributed by atoms with Crippen LogP contribution < -0.4 is 10.6 Å². The molecule has 0 aliphatic carbocycles. The molecule has 18 heavy (non-hydrogen) atoms. The van der Waals surface area contributed by atoms with Crippen LogP contribution in [-0.4, -0.2) is 26.3 Å². The van der Waals surface area contributed by atoms with Crippen LogP contribution in [0.5, 0.6) is 0 Å². The van der Waals surface area contributed by atoms with Gasteiger partial charge in [-0.1, -0.05) is 12.1 Å². The maximum absolute atomic E-state index is 14.1. The topological polar surface area (TPSA) is 38.5 Å². The smallest absolute Gasteiger partial charge is 0.146 e. The van der Waals surface area contributed by atoms with Gasteiger partial charge in [0, 0.05) is 25.7 Å². The Balaban J connectivity index is 3.19. The summed E-state index contributed by atoms with van der Waals surface area (Å²) in [4.78, 5) is 2.00. The molecule has 2 atom stereocenters. The molecular weight excluding hydrogens is 231 g/mol. The van der Waals surface area contributed by atoms with Crippen molar-refractivity contribution in [3.63, 3.8) is 0 Å². The summed E-state index contributed by atoms with van der Waals surface area (Å²) in [6, 6.07) is 4.97. The van der Waals surface area contributed by atoms with Gasteiger partial charge in [-0.15, -0.1) is 0 Å². The van der Waals surface area contributed by atoms with Crippen molar-refractivity contribution >= 4 is 5.69 Å². The number of halogens is 1. The van der Waals surface area contributed by atoms with Gasteiger partial charge in [0.25, 0.3) is 0 Å². The summed E-state index contributed by atoms with van der Waals surface area (Å²) < 4.78 is 19.3. The van der Waals surface area contributed by atoms with Crippen molar-refractivity contribution in [3.8, 4) is 0 Å². The highest BCUT2D eigenvalue weighted by molar-refractivity contribution is 5.56. The van der Waals surface area contributed by atoms with Crippen LogP contribution in [0.1, 0.15) is 32.4 Å². The van der Waals surface area contributed by atoms with Crippen LogP contribution in [0.3, 0.4) is 0 Å². The fourth-order valence-electron chi connectivity index (χ4n) is 2.22. The fourth-order valence-corrected chi connectivity index (χ4v) is 2.22. The predicted octanol–water partition coefficient (Wildman–Crippen LogP) is 2.71. The lowest BCUT2D eigenvalue weighted by atomic mass is 10.0. The van der Waals surface area contributed by atoms with E-state index in [-0.39, 0.29) is 17.9 Å². The van der Waals surface area contributed by atoms with Crippen molar-refractivity contribution in [1.29, 1.82) is 0 Å². The first-order chi connectivity index (χ1) is 8.52. The second kappa shape index (κ2) is 6.71. The van der Waals surface area contributed by atoms with Gasteiger partial charge >= 0.3 is 0 Å². The maximum Gasteiger partial charge on any atom is 0.146 e. The van der Waals surface area contributed by atoms with Crippen molar-refractivity contribution in [2.45, 2.75) is 32.9 Å². The summed E-state index contributed by atoms with van der Waals surface area (Å²) in [6.07, 6.45) is 0. The lowest BCUT2D eigenvalue weighted by Gasteiger charge is -2.32. The molecule has 0 saturated heterocycles. The standard InChI is InChI=1S/C14H23FN2O/c1-5-17(10(2)9-18-4)14-12(11(3)16)7-6-8-13(14)15/h6-8,10-11H,5,9,16H2,1-4H3/t10?,11-/m1/s1. The van der Waals surface area contributed by atoms with Gasteiger partial charge in [0.1, 0.15) is 5.82 Å². The van der Waals surface area contributed by atoms with Crippen LogP contribution in [0.15, 0.2) is 18.2 Å². The first-order valence-corrected chi connectivity index (χ1v) is 6.32. The van der Waals surface area contributed by atoms with E-state index < -0.39 is 0 Å². The number of rotatable bonds is 6. The molecule has 102 valence electrons. The number of para-hydroxylation sites is 1. The van der Waals surface area contributed by atoms with Gasteiger partial charge in [-0.2, -0.15) is 0 Å². The van der Waals surface area contributed by atoms with E-state index in [1.165, 1.54) is 6.07 Å². The Kier molecular flexibility index (Phi) is 5.56. The van der Waals surface area contributed by atoms with Crippen molar-refractivity contribution in [1.82, 2.24) is 0 Å². The molecule has 1 aromatic rings. The van der Waals surface area contributed by atoms with Gasteiger partial charge in [-0.05, 0) is 32.4 Å². The molecule has 0 heterocycles. The average molecular weight is 254 g/mol. The van der Waals surface area contributed by atoms with Gasteiger partial charge in [-0.25, -0.2) is 4.39 Å². The quantitative estimate of drug-likeness (QED) is 0.848. The van der Waals surface area contributed by atoms with Gasteiger partial charge < -0.3 is 15.4 Å². The zero-order valence-electron chi connectivity index (χ0n) is 11.6. The number of nitrogens with zero attached hydrogens (tertiary/aromatic N) is 1. The zero-order valence-corrected chi connectivity index (χ0v) is 11.6. The van der Waals surface area contributed by atoms with E-state index in [4.69, 9.17) is 10.5 Å². The second-order valence-corrected chi connectivity index (χ2v) is 4.56. The molecule has 2 N–H and O–H groups in total. The Hall–Kier alpha value is -1.13. The van der Waals surface area contributed by atoms with Crippen LogP contribution in [0, 0.1) is 5.82 Å². The predicted molar refractivity (Wildman–Crippen MR) is 73.4 cm³/mol. The second-order valence-electron chi connectivity index (χ2n) is 4.56. The number of ether oxygens (including phenoxy) is 1. The van der Waals surface area contributed by atoms with E-state index in [2.05, 4.69) is 0 Å². The molecule has 0 aliphatic heterocycles. The lowest BCUT2D eigenvalue weighted by molar-refractivity contribution is 0.181. The molecule has 1 rings (SSSR count). The Labute approximate surface area is 109 Å². The molecule has 0 amide bonds. The fraction of sp³-hybridized carbons (Fsp3) is 0.571. The Morgan fingerprint density at radius 3 is 2.56 bits per heavy atom. The minimum absolute atomic E-state index is 0.106. The largest absolute Gasteiger partial charge is 0.383 e. The molecule has 0 fully saturated rings. The highest BCUT2D eigenvalue weighted by atomic mass is 19.1. The third-order valence-electron chi connectivity index (χ3n) is 3.08. The highest BCUT2D eigenvalue weighted by Crippen LogP contribution is 2.29. The SMILES string of the molecule is CCN(c1c(F)cccc1[C@@H](C)N)C(C)COC. The average Bonchev–Trinajstić information content (AvgIpc) is 2.32. The molecule has 0 radical (unpaired) electrons. The van der Waals surface area contributed by atoms with Crippen LogP contribution in [0.25, 0.3) is 0 Å². The van der Waals surface area contributed by atoms with Gasteiger partial charge in [0.15, 0.2) is 0 Å². The van der Waals surface area contributed by atoms with Gasteiger partial charge in [0.2, 0.25) is 0 Å². The summed E-state index contributed by atoms with van der Waals surface area (Å²) >= 11 is 0. The highest BCUT2D eigenvalue weighted by Gasteiger charge is 2.21. The zero-order chi connectivity index (χ0) is 13.7. The van der Waals surface area contributed by atoms with Crippen LogP contribution in [0.4, 0.5) is 10.1 Å². The molecule has 0 aromatic heterocycles. The number of anilines is 1.